The molecule has 228 valence electrons. The number of hydrogen-bond donors (Lipinski definition) is 3. The monoisotopic (exact) mass is 664 g/mol. The Bertz CT molecular complexity index is 2040. The van der Waals surface area contributed by atoms with Gasteiger partial charge in [-0.2, -0.15) is 0 Å². The Labute approximate surface area is 270 Å². The fraction of sp³-hybridized carbons (Fsp3) is 0.0938. The first-order valence-corrected chi connectivity index (χ1v) is 14.1. The molecule has 3 N–H and O–H groups in total. The van der Waals surface area contributed by atoms with Crippen LogP contribution in [0.2, 0.25) is 15.1 Å². The number of aromatic nitrogens is 4. The second kappa shape index (κ2) is 13.8. The zero-order valence-electron chi connectivity index (χ0n) is 23.8. The lowest BCUT2D eigenvalue weighted by Crippen LogP contribution is -2.02. The Morgan fingerprint density at radius 2 is 1.00 bits per heavy atom. The van der Waals surface area contributed by atoms with Crippen LogP contribution in [0.3, 0.4) is 0 Å². The lowest BCUT2D eigenvalue weighted by Gasteiger charge is -2.02. The fourth-order valence-corrected chi connectivity index (χ4v) is 4.84. The summed E-state index contributed by atoms with van der Waals surface area (Å²) in [6.45, 7) is 5.78. The molecule has 0 aliphatic carbocycles. The molecule has 10 nitrogen and oxygen atoms in total. The number of hydrogen-bond acceptors (Lipinski definition) is 7. The summed E-state index contributed by atoms with van der Waals surface area (Å²) in [6, 6.07) is 17.9. The van der Waals surface area contributed by atoms with Crippen molar-refractivity contribution in [3.63, 3.8) is 0 Å². The quantitative estimate of drug-likeness (QED) is 0.168. The SMILES string of the molecule is Cc1ccc2cc(Cl)c(C(=O)O)nc2c1.Cc1ccc2nc(C(=O)O)c(Cl)cc2c1.Cc1cnc2nc(C(=O)O)c(Cl)cc2c1. The first-order valence-electron chi connectivity index (χ1n) is 13.0. The van der Waals surface area contributed by atoms with Gasteiger partial charge in [0.05, 0.1) is 26.1 Å². The Kier molecular flexibility index (Phi) is 10.1. The van der Waals surface area contributed by atoms with Crippen LogP contribution in [0.15, 0.2) is 66.9 Å². The van der Waals surface area contributed by atoms with Crippen LogP contribution in [0.4, 0.5) is 0 Å². The molecule has 2 aromatic carbocycles. The van der Waals surface area contributed by atoms with E-state index >= 15 is 0 Å². The highest BCUT2D eigenvalue weighted by Gasteiger charge is 2.14. The minimum atomic E-state index is -1.15. The molecular weight excluding hydrogens is 643 g/mol. The maximum Gasteiger partial charge on any atom is 0.356 e. The lowest BCUT2D eigenvalue weighted by molar-refractivity contribution is 0.0680. The Morgan fingerprint density at radius 1 is 0.533 bits per heavy atom. The van der Waals surface area contributed by atoms with Crippen LogP contribution in [0, 0.1) is 20.8 Å². The van der Waals surface area contributed by atoms with Gasteiger partial charge in [0.25, 0.3) is 0 Å². The Balaban J connectivity index is 0.000000154. The van der Waals surface area contributed by atoms with Crippen molar-refractivity contribution < 1.29 is 29.7 Å². The van der Waals surface area contributed by atoms with Crippen molar-refractivity contribution in [3.05, 3.63) is 116 Å². The summed E-state index contributed by atoms with van der Waals surface area (Å²) < 4.78 is 0. The average molecular weight is 666 g/mol. The van der Waals surface area contributed by atoms with E-state index in [4.69, 9.17) is 50.1 Å². The second-order valence-electron chi connectivity index (χ2n) is 9.82. The molecule has 13 heteroatoms. The summed E-state index contributed by atoms with van der Waals surface area (Å²) in [7, 11) is 0. The number of carbonyl (C=O) groups is 3. The smallest absolute Gasteiger partial charge is 0.356 e. The first kappa shape index (κ1) is 33.0. The highest BCUT2D eigenvalue weighted by molar-refractivity contribution is 6.34. The number of carboxylic acid groups (broad SMARTS) is 3. The van der Waals surface area contributed by atoms with Crippen molar-refractivity contribution in [3.8, 4) is 0 Å². The number of carboxylic acids is 3. The highest BCUT2D eigenvalue weighted by atomic mass is 35.5. The lowest BCUT2D eigenvalue weighted by atomic mass is 10.1. The maximum absolute atomic E-state index is 10.8. The van der Waals surface area contributed by atoms with Crippen molar-refractivity contribution in [1.29, 1.82) is 0 Å². The fourth-order valence-electron chi connectivity index (χ4n) is 4.12. The molecule has 4 heterocycles. The Hall–Kier alpha value is -4.90. The molecule has 0 bridgehead atoms. The predicted octanol–water partition coefficient (Wildman–Crippen LogP) is 8.08. The van der Waals surface area contributed by atoms with E-state index in [1.54, 1.807) is 30.5 Å². The number of benzene rings is 2. The molecular formula is C32H23Cl3N4O6. The molecule has 0 unspecified atom stereocenters. The van der Waals surface area contributed by atoms with Gasteiger partial charge in [-0.25, -0.2) is 34.3 Å². The van der Waals surface area contributed by atoms with Crippen molar-refractivity contribution in [2.45, 2.75) is 20.8 Å². The highest BCUT2D eigenvalue weighted by Crippen LogP contribution is 2.23. The van der Waals surface area contributed by atoms with E-state index in [0.29, 0.717) is 16.7 Å². The number of halogens is 3. The van der Waals surface area contributed by atoms with Gasteiger partial charge in [-0.15, -0.1) is 0 Å². The molecule has 0 spiro atoms. The summed E-state index contributed by atoms with van der Waals surface area (Å²) >= 11 is 17.4. The van der Waals surface area contributed by atoms with Crippen LogP contribution in [0.5, 0.6) is 0 Å². The molecule has 6 rings (SSSR count). The van der Waals surface area contributed by atoms with Crippen LogP contribution in [0.1, 0.15) is 48.2 Å². The standard InChI is InChI=1S/2C11H8ClNO2.C10H7ClN2O2/c1-6-2-3-9-7(4-6)5-8(12)10(13-9)11(14)15;1-6-2-3-7-5-8(12)10(11(14)15)13-9(7)4-6;1-5-2-6-3-7(11)8(10(14)15)13-9(6)12-4-5/h2*2-5H,1H3,(H,14,15);2-4H,1H3,(H,14,15). The molecule has 0 atom stereocenters. The van der Waals surface area contributed by atoms with E-state index in [2.05, 4.69) is 19.9 Å². The van der Waals surface area contributed by atoms with Gasteiger partial charge in [-0.05, 0) is 74.4 Å². The maximum atomic E-state index is 10.8. The number of rotatable bonds is 3. The van der Waals surface area contributed by atoms with Crippen molar-refractivity contribution >= 4 is 85.5 Å². The third-order valence-corrected chi connectivity index (χ3v) is 7.08. The zero-order chi connectivity index (χ0) is 33.0. The predicted molar refractivity (Wildman–Crippen MR) is 173 cm³/mol. The molecule has 45 heavy (non-hydrogen) atoms. The summed E-state index contributed by atoms with van der Waals surface area (Å²) in [4.78, 5) is 48.2. The van der Waals surface area contributed by atoms with Crippen molar-refractivity contribution in [2.75, 3.05) is 0 Å². The van der Waals surface area contributed by atoms with Crippen LogP contribution >= 0.6 is 34.8 Å². The number of nitrogens with zero attached hydrogens (tertiary/aromatic N) is 4. The third-order valence-electron chi connectivity index (χ3n) is 6.22. The van der Waals surface area contributed by atoms with E-state index in [-0.39, 0.29) is 32.1 Å². The zero-order valence-corrected chi connectivity index (χ0v) is 26.1. The molecule has 0 saturated carbocycles. The van der Waals surface area contributed by atoms with Gasteiger partial charge in [0, 0.05) is 22.4 Å². The van der Waals surface area contributed by atoms with Crippen LogP contribution < -0.4 is 0 Å². The van der Waals surface area contributed by atoms with Gasteiger partial charge in [0.15, 0.2) is 22.7 Å². The van der Waals surface area contributed by atoms with Crippen LogP contribution in [0.25, 0.3) is 32.8 Å². The van der Waals surface area contributed by atoms with Gasteiger partial charge < -0.3 is 15.3 Å². The number of aromatic carboxylic acids is 3. The topological polar surface area (TPSA) is 163 Å². The Morgan fingerprint density at radius 3 is 1.60 bits per heavy atom. The molecule has 0 aliphatic rings. The molecule has 0 saturated heterocycles. The molecule has 0 radical (unpaired) electrons. The number of aryl methyl sites for hydroxylation is 3. The normalized spacial score (nSPS) is 10.5. The summed E-state index contributed by atoms with van der Waals surface area (Å²) in [5.74, 6) is -3.37. The van der Waals surface area contributed by atoms with E-state index in [1.165, 1.54) is 0 Å². The van der Waals surface area contributed by atoms with Gasteiger partial charge in [0.1, 0.15) is 0 Å². The van der Waals surface area contributed by atoms with E-state index < -0.39 is 17.9 Å². The van der Waals surface area contributed by atoms with Crippen LogP contribution in [-0.2, 0) is 0 Å². The largest absolute Gasteiger partial charge is 0.476 e. The summed E-state index contributed by atoms with van der Waals surface area (Å²) in [5, 5.41) is 29.4. The van der Waals surface area contributed by atoms with Crippen LogP contribution in [-0.4, -0.2) is 53.2 Å². The minimum absolute atomic E-state index is 0.102. The van der Waals surface area contributed by atoms with Gasteiger partial charge in [-0.1, -0.05) is 58.6 Å². The van der Waals surface area contributed by atoms with Crippen molar-refractivity contribution in [1.82, 2.24) is 19.9 Å². The third kappa shape index (κ3) is 7.98. The number of fused-ring (bicyclic) bond motifs is 3. The summed E-state index contributed by atoms with van der Waals surface area (Å²) in [6.07, 6.45) is 1.63. The van der Waals surface area contributed by atoms with E-state index in [9.17, 15) is 14.4 Å². The molecule has 6 aromatic rings. The molecule has 0 fully saturated rings. The number of pyridine rings is 4. The van der Waals surface area contributed by atoms with Gasteiger partial charge >= 0.3 is 17.9 Å². The van der Waals surface area contributed by atoms with Crippen molar-refractivity contribution in [2.24, 2.45) is 0 Å². The molecule has 0 aliphatic heterocycles. The summed E-state index contributed by atoms with van der Waals surface area (Å²) in [5.41, 5.74) is 4.41. The second-order valence-corrected chi connectivity index (χ2v) is 11.0. The van der Waals surface area contributed by atoms with Gasteiger partial charge in [-0.3, -0.25) is 0 Å². The first-order chi connectivity index (χ1) is 21.2. The van der Waals surface area contributed by atoms with Gasteiger partial charge in [0.2, 0.25) is 0 Å². The molecule has 4 aromatic heterocycles. The average Bonchev–Trinajstić information content (AvgIpc) is 2.96. The van der Waals surface area contributed by atoms with E-state index in [0.717, 1.165) is 32.8 Å². The van der Waals surface area contributed by atoms with E-state index in [1.807, 2.05) is 57.2 Å². The minimum Gasteiger partial charge on any atom is -0.476 e. The molecule has 0 amide bonds.